The van der Waals surface area contributed by atoms with Crippen LogP contribution in [0.2, 0.25) is 0 Å². The van der Waals surface area contributed by atoms with Crippen LogP contribution in [0, 0.1) is 0 Å². The first kappa shape index (κ1) is 20.2. The monoisotopic (exact) mass is 653 g/mol. The molecule has 9 aromatic rings. The fraction of sp³-hybridized carbons (Fsp3) is 0. The van der Waals surface area contributed by atoms with E-state index < -0.39 is 60.4 Å². The van der Waals surface area contributed by atoms with E-state index in [0.29, 0.717) is 38.5 Å². The second-order valence-corrected chi connectivity index (χ2v) is 12.3. The Bertz CT molecular complexity index is 3100. The normalized spacial score (nSPS) is 14.1. The average molecular weight is 654 g/mol. The molecule has 0 aliphatic carbocycles. The summed E-state index contributed by atoms with van der Waals surface area (Å²) in [7, 11) is 0. The van der Waals surface area contributed by atoms with Crippen molar-refractivity contribution in [2.45, 2.75) is 0 Å². The fourth-order valence-corrected chi connectivity index (χ4v) is 7.24. The lowest BCUT2D eigenvalue weighted by Crippen LogP contribution is -2.00. The second kappa shape index (κ2) is 12.4. The van der Waals surface area contributed by atoms with Gasteiger partial charge in [0.25, 0.3) is 0 Å². The smallest absolute Gasteiger partial charge is 0.164 e. The van der Waals surface area contributed by atoms with E-state index in [1.807, 2.05) is 103 Å². The average Bonchev–Trinajstić information content (AvgIpc) is 3.66. The van der Waals surface area contributed by atoms with Gasteiger partial charge in [0.1, 0.15) is 0 Å². The SMILES string of the molecule is [2H]c1c([2H])c([2H])c(-c2cc(-c3c([2H])c([2H])c([2H])c([2H])c3[2H])c3sc4cccc(-c5nc(-c6ccccc6)nc(-c6ccc(-c7ccccc7)cc6)n5)c4c3c2)c([2H])c1[2H]. The summed E-state index contributed by atoms with van der Waals surface area (Å²) >= 11 is 1.34. The maximum Gasteiger partial charge on any atom is 0.164 e. The summed E-state index contributed by atoms with van der Waals surface area (Å²) in [4.78, 5) is 15.0. The van der Waals surface area contributed by atoms with E-state index in [2.05, 4.69) is 0 Å². The molecule has 2 heterocycles. The molecule has 0 atom stereocenters. The van der Waals surface area contributed by atoms with Crippen molar-refractivity contribution in [2.75, 3.05) is 0 Å². The standard InChI is InChI=1S/C45H29N3S/c1-5-14-30(15-6-1)32-24-26-35(27-25-32)44-46-43(34-20-11-4-12-21-34)47-45(48-44)37-22-13-23-40-41(37)39-29-36(31-16-7-2-8-17-31)28-38(42(39)49-40)33-18-9-3-10-19-33/h1-29H/i2D,3D,7D,8D,9D,10D,16D,17D,18D,19D. The maximum atomic E-state index is 8.93. The van der Waals surface area contributed by atoms with Crippen molar-refractivity contribution in [1.82, 2.24) is 15.0 Å². The Balaban J connectivity index is 1.35. The molecule has 0 amide bonds. The number of thiophene rings is 1. The molecule has 0 aliphatic rings. The van der Waals surface area contributed by atoms with Crippen molar-refractivity contribution in [3.63, 3.8) is 0 Å². The molecule has 9 rings (SSSR count). The molecular formula is C45H29N3S. The zero-order chi connectivity index (χ0) is 41.3. The Hall–Kier alpha value is -6.23. The summed E-state index contributed by atoms with van der Waals surface area (Å²) in [6, 6.07) is 31.6. The van der Waals surface area contributed by atoms with Crippen molar-refractivity contribution >= 4 is 31.5 Å². The highest BCUT2D eigenvalue weighted by Gasteiger charge is 2.19. The quantitative estimate of drug-likeness (QED) is 0.179. The van der Waals surface area contributed by atoms with Gasteiger partial charge in [0, 0.05) is 42.4 Å². The van der Waals surface area contributed by atoms with E-state index >= 15 is 0 Å². The van der Waals surface area contributed by atoms with E-state index in [0.717, 1.165) is 27.0 Å². The van der Waals surface area contributed by atoms with Crippen LogP contribution in [-0.2, 0) is 0 Å². The number of rotatable bonds is 6. The van der Waals surface area contributed by atoms with Crippen LogP contribution in [0.1, 0.15) is 13.7 Å². The first-order chi connectivity index (χ1) is 28.4. The van der Waals surface area contributed by atoms with Crippen LogP contribution in [0.25, 0.3) is 87.7 Å². The molecule has 0 unspecified atom stereocenters. The lowest BCUT2D eigenvalue weighted by Gasteiger charge is -2.11. The third-order valence-electron chi connectivity index (χ3n) is 8.31. The topological polar surface area (TPSA) is 38.7 Å². The highest BCUT2D eigenvalue weighted by atomic mass is 32.1. The van der Waals surface area contributed by atoms with Crippen LogP contribution in [0.3, 0.4) is 0 Å². The van der Waals surface area contributed by atoms with Crippen LogP contribution in [0.5, 0.6) is 0 Å². The van der Waals surface area contributed by atoms with Crippen molar-refractivity contribution in [1.29, 1.82) is 0 Å². The van der Waals surface area contributed by atoms with Gasteiger partial charge in [-0.05, 0) is 46.0 Å². The molecule has 0 spiro atoms. The van der Waals surface area contributed by atoms with Crippen molar-refractivity contribution in [3.05, 3.63) is 176 Å². The molecule has 0 fully saturated rings. The molecule has 0 bridgehead atoms. The number of aromatic nitrogens is 3. The van der Waals surface area contributed by atoms with Crippen LogP contribution in [0.15, 0.2) is 176 Å². The summed E-state index contributed by atoms with van der Waals surface area (Å²) in [5.41, 5.74) is 4.56. The van der Waals surface area contributed by atoms with Gasteiger partial charge in [0.05, 0.1) is 13.7 Å². The molecule has 2 aromatic heterocycles. The Morgan fingerprint density at radius 1 is 0.408 bits per heavy atom. The van der Waals surface area contributed by atoms with Crippen LogP contribution >= 0.6 is 11.3 Å². The number of nitrogens with zero attached hydrogens (tertiary/aromatic N) is 3. The van der Waals surface area contributed by atoms with Gasteiger partial charge in [-0.2, -0.15) is 0 Å². The summed E-state index contributed by atoms with van der Waals surface area (Å²) in [5, 5.41) is 1.23. The third-order valence-corrected chi connectivity index (χ3v) is 9.52. The van der Waals surface area contributed by atoms with Gasteiger partial charge in [-0.15, -0.1) is 11.3 Å². The third kappa shape index (κ3) is 5.48. The van der Waals surface area contributed by atoms with E-state index in [1.165, 1.54) is 11.3 Å². The van der Waals surface area contributed by atoms with Gasteiger partial charge < -0.3 is 0 Å². The predicted octanol–water partition coefficient (Wildman–Crippen LogP) is 12.2. The molecule has 0 N–H and O–H groups in total. The minimum absolute atomic E-state index is 0.0731. The van der Waals surface area contributed by atoms with Crippen LogP contribution in [-0.4, -0.2) is 15.0 Å². The molecule has 0 saturated carbocycles. The first-order valence-electron chi connectivity index (χ1n) is 20.5. The molecular weight excluding hydrogens is 615 g/mol. The van der Waals surface area contributed by atoms with Crippen LogP contribution in [0.4, 0.5) is 0 Å². The first-order valence-corrected chi connectivity index (χ1v) is 16.4. The van der Waals surface area contributed by atoms with Gasteiger partial charge in [-0.25, -0.2) is 15.0 Å². The molecule has 49 heavy (non-hydrogen) atoms. The zero-order valence-corrected chi connectivity index (χ0v) is 26.5. The van der Waals surface area contributed by atoms with E-state index in [1.54, 1.807) is 12.1 Å². The maximum absolute atomic E-state index is 8.93. The fourth-order valence-electron chi connectivity index (χ4n) is 6.01. The predicted molar refractivity (Wildman–Crippen MR) is 205 cm³/mol. The number of benzene rings is 7. The lowest BCUT2D eigenvalue weighted by atomic mass is 9.95. The van der Waals surface area contributed by atoms with Crippen LogP contribution < -0.4 is 0 Å². The van der Waals surface area contributed by atoms with Gasteiger partial charge in [-0.3, -0.25) is 0 Å². The molecule has 0 aliphatic heterocycles. The Morgan fingerprint density at radius 2 is 0.959 bits per heavy atom. The summed E-state index contributed by atoms with van der Waals surface area (Å²) in [6.45, 7) is 0. The Kier molecular flexibility index (Phi) is 5.12. The number of fused-ring (bicyclic) bond motifs is 3. The zero-order valence-electron chi connectivity index (χ0n) is 35.7. The molecule has 4 heteroatoms. The van der Waals surface area contributed by atoms with Gasteiger partial charge in [0.2, 0.25) is 0 Å². The largest absolute Gasteiger partial charge is 0.208 e. The molecule has 230 valence electrons. The van der Waals surface area contributed by atoms with E-state index in [-0.39, 0.29) is 22.3 Å². The highest BCUT2D eigenvalue weighted by Crippen LogP contribution is 2.45. The summed E-state index contributed by atoms with van der Waals surface area (Å²) in [5.74, 6) is 1.22. The minimum atomic E-state index is -0.548. The lowest BCUT2D eigenvalue weighted by molar-refractivity contribution is 1.08. The van der Waals surface area contributed by atoms with Gasteiger partial charge in [-0.1, -0.05) is 157 Å². The van der Waals surface area contributed by atoms with Gasteiger partial charge >= 0.3 is 0 Å². The van der Waals surface area contributed by atoms with E-state index in [9.17, 15) is 0 Å². The summed E-state index contributed by atoms with van der Waals surface area (Å²) in [6.07, 6.45) is 0. The highest BCUT2D eigenvalue weighted by molar-refractivity contribution is 7.26. The second-order valence-electron chi connectivity index (χ2n) is 11.3. The van der Waals surface area contributed by atoms with Crippen molar-refractivity contribution in [3.8, 4) is 67.5 Å². The Morgan fingerprint density at radius 3 is 1.63 bits per heavy atom. The summed E-state index contributed by atoms with van der Waals surface area (Å²) < 4.78 is 87.3. The molecule has 7 aromatic carbocycles. The minimum Gasteiger partial charge on any atom is -0.208 e. The number of hydrogen-bond donors (Lipinski definition) is 0. The van der Waals surface area contributed by atoms with Crippen molar-refractivity contribution < 1.29 is 13.7 Å². The number of hydrogen-bond acceptors (Lipinski definition) is 4. The molecule has 0 saturated heterocycles. The van der Waals surface area contributed by atoms with E-state index in [4.69, 9.17) is 28.7 Å². The molecule has 3 nitrogen and oxygen atoms in total. The van der Waals surface area contributed by atoms with Gasteiger partial charge in [0.15, 0.2) is 17.5 Å². The van der Waals surface area contributed by atoms with Crippen molar-refractivity contribution in [2.24, 2.45) is 0 Å². The molecule has 0 radical (unpaired) electrons. The Labute approximate surface area is 302 Å².